The summed E-state index contributed by atoms with van der Waals surface area (Å²) in [6.07, 6.45) is 6.26. The van der Waals surface area contributed by atoms with Crippen molar-refractivity contribution >= 4 is 41.5 Å². The smallest absolute Gasteiger partial charge is 0.422 e. The first kappa shape index (κ1) is 26.4. The Bertz CT molecular complexity index is 1810. The summed E-state index contributed by atoms with van der Waals surface area (Å²) in [4.78, 5) is 25.2. The van der Waals surface area contributed by atoms with Crippen molar-refractivity contribution in [2.24, 2.45) is 7.05 Å². The highest BCUT2D eigenvalue weighted by molar-refractivity contribution is 6.35. The van der Waals surface area contributed by atoms with Gasteiger partial charge < -0.3 is 8.98 Å². The van der Waals surface area contributed by atoms with Crippen LogP contribution in [0.2, 0.25) is 0 Å². The van der Waals surface area contributed by atoms with Gasteiger partial charge in [0.05, 0.1) is 16.8 Å². The van der Waals surface area contributed by atoms with Crippen LogP contribution >= 0.6 is 0 Å². The highest BCUT2D eigenvalue weighted by Crippen LogP contribution is 2.34. The van der Waals surface area contributed by atoms with Crippen LogP contribution < -0.4 is 5.63 Å². The molecule has 0 radical (unpaired) electrons. The predicted octanol–water partition coefficient (Wildman–Crippen LogP) is 5.79. The van der Waals surface area contributed by atoms with Gasteiger partial charge in [-0.05, 0) is 68.3 Å². The molecule has 1 aliphatic carbocycles. The topological polar surface area (TPSA) is 55.2 Å². The number of ketones is 1. The second-order valence-electron chi connectivity index (χ2n) is 10.1. The summed E-state index contributed by atoms with van der Waals surface area (Å²) >= 11 is 0. The van der Waals surface area contributed by atoms with Gasteiger partial charge in [-0.3, -0.25) is 4.79 Å². The number of aromatic nitrogens is 1. The van der Waals surface area contributed by atoms with Crippen LogP contribution in [0.3, 0.4) is 0 Å². The summed E-state index contributed by atoms with van der Waals surface area (Å²) in [5.74, 6) is 6.18. The van der Waals surface area contributed by atoms with Crippen molar-refractivity contribution in [3.63, 3.8) is 0 Å². The number of allylic oxidation sites excluding steroid dienone is 4. The SMILES string of the molecule is CC1=CC(C)=[N+](B(F)F)/C1=C(/C=C/c1cc2cc3c(cc2oc1=O)C#CCCC(=O)C3)c1c(C)cc(C)n1C. The van der Waals surface area contributed by atoms with Crippen LogP contribution in [-0.2, 0) is 18.3 Å². The molecule has 5 nitrogen and oxygen atoms in total. The van der Waals surface area contributed by atoms with E-state index in [0.717, 1.165) is 27.0 Å². The number of carbonyl (C=O) groups excluding carboxylic acids is 1. The second-order valence-corrected chi connectivity index (χ2v) is 10.1. The van der Waals surface area contributed by atoms with Crippen LogP contribution in [-0.4, -0.2) is 28.0 Å². The quantitative estimate of drug-likeness (QED) is 0.246. The molecule has 0 spiro atoms. The van der Waals surface area contributed by atoms with Gasteiger partial charge in [0.15, 0.2) is 11.4 Å². The molecule has 1 aliphatic heterocycles. The Kier molecular flexibility index (Phi) is 6.86. The van der Waals surface area contributed by atoms with E-state index < -0.39 is 13.0 Å². The Morgan fingerprint density at radius 3 is 2.59 bits per heavy atom. The molecule has 39 heavy (non-hydrogen) atoms. The van der Waals surface area contributed by atoms with Gasteiger partial charge in [0.1, 0.15) is 11.4 Å². The van der Waals surface area contributed by atoms with Crippen LogP contribution in [0.15, 0.2) is 56.9 Å². The Labute approximate surface area is 226 Å². The van der Waals surface area contributed by atoms with Gasteiger partial charge in [-0.25, -0.2) is 17.9 Å². The van der Waals surface area contributed by atoms with Crippen LogP contribution in [0.25, 0.3) is 22.6 Å². The molecule has 3 heterocycles. The molecule has 0 bridgehead atoms. The summed E-state index contributed by atoms with van der Waals surface area (Å²) in [5.41, 5.74) is 6.43. The molecule has 0 saturated heterocycles. The van der Waals surface area contributed by atoms with E-state index in [1.165, 1.54) is 0 Å². The Morgan fingerprint density at radius 1 is 1.13 bits per heavy atom. The van der Waals surface area contributed by atoms with E-state index >= 15 is 0 Å². The number of hydrogen-bond donors (Lipinski definition) is 0. The van der Waals surface area contributed by atoms with Crippen molar-refractivity contribution in [3.8, 4) is 11.8 Å². The van der Waals surface area contributed by atoms with E-state index in [0.29, 0.717) is 51.9 Å². The van der Waals surface area contributed by atoms with E-state index in [1.807, 2.05) is 44.5 Å². The van der Waals surface area contributed by atoms with Crippen molar-refractivity contribution in [2.75, 3.05) is 0 Å². The standard InChI is InChI=1S/C31H28BF2N2O3/c1-18-12-20(3)35(5)29(18)27(30-19(2)13-21(4)36(30)32(33)34)11-10-23-14-25-15-24-16-26(37)9-7-6-8-22(24)17-28(25)39-31(23)38/h10-15,17H,7,9,16H2,1-5H3/q+1/b11-10+. The number of benzene rings is 1. The molecule has 2 aromatic heterocycles. The molecule has 8 heteroatoms. The van der Waals surface area contributed by atoms with Gasteiger partial charge >= 0.3 is 13.0 Å². The van der Waals surface area contributed by atoms with E-state index in [4.69, 9.17) is 4.42 Å². The van der Waals surface area contributed by atoms with E-state index in [1.54, 1.807) is 37.3 Å². The first-order valence-electron chi connectivity index (χ1n) is 12.8. The number of rotatable bonds is 4. The van der Waals surface area contributed by atoms with E-state index in [-0.39, 0.29) is 17.8 Å². The van der Waals surface area contributed by atoms with Crippen molar-refractivity contribution in [2.45, 2.75) is 47.0 Å². The van der Waals surface area contributed by atoms with Gasteiger partial charge in [-0.15, -0.1) is 0 Å². The zero-order valence-corrected chi connectivity index (χ0v) is 22.6. The van der Waals surface area contributed by atoms with Crippen molar-refractivity contribution in [3.05, 3.63) is 91.7 Å². The van der Waals surface area contributed by atoms with Crippen LogP contribution in [0, 0.1) is 25.7 Å². The van der Waals surface area contributed by atoms with Crippen LogP contribution in [0.1, 0.15) is 60.3 Å². The Hall–Kier alpha value is -4.25. The normalized spacial score (nSPS) is 16.7. The first-order chi connectivity index (χ1) is 18.5. The Morgan fingerprint density at radius 2 is 1.90 bits per heavy atom. The molecule has 1 aromatic carbocycles. The fourth-order valence-corrected chi connectivity index (χ4v) is 5.44. The molecular weight excluding hydrogens is 497 g/mol. The molecule has 0 N–H and O–H groups in total. The van der Waals surface area contributed by atoms with Crippen LogP contribution in [0.4, 0.5) is 8.63 Å². The molecule has 0 fully saturated rings. The number of aryl methyl sites for hydroxylation is 2. The number of Topliss-reactive ketones (excluding diaryl/α,β-unsaturated/α-hetero) is 1. The first-order valence-corrected chi connectivity index (χ1v) is 12.8. The van der Waals surface area contributed by atoms with Crippen molar-refractivity contribution in [1.82, 2.24) is 4.57 Å². The summed E-state index contributed by atoms with van der Waals surface area (Å²) in [7, 11) is -0.832. The van der Waals surface area contributed by atoms with Gasteiger partial charge in [-0.2, -0.15) is 0 Å². The number of fused-ring (bicyclic) bond motifs is 2. The molecule has 3 aromatic rings. The summed E-state index contributed by atoms with van der Waals surface area (Å²) < 4.78 is 37.1. The number of nitrogens with zero attached hydrogens (tertiary/aromatic N) is 2. The molecule has 2 aliphatic rings. The summed E-state index contributed by atoms with van der Waals surface area (Å²) in [6.45, 7) is 7.37. The maximum atomic E-state index is 14.2. The second kappa shape index (κ2) is 10.1. The Balaban J connectivity index is 1.69. The number of carbonyl (C=O) groups is 1. The molecule has 0 atom stereocenters. The van der Waals surface area contributed by atoms with Gasteiger partial charge in [0.25, 0.3) is 0 Å². The molecule has 0 saturated carbocycles. The average molecular weight is 525 g/mol. The van der Waals surface area contributed by atoms with Crippen molar-refractivity contribution < 1.29 is 22.3 Å². The minimum atomic E-state index is -2.73. The molecule has 0 unspecified atom stereocenters. The highest BCUT2D eigenvalue weighted by Gasteiger charge is 2.44. The molecule has 196 valence electrons. The zero-order chi connectivity index (χ0) is 28.0. The third kappa shape index (κ3) is 4.85. The molecule has 5 rings (SSSR count). The van der Waals surface area contributed by atoms with Crippen LogP contribution in [0.5, 0.6) is 0 Å². The zero-order valence-electron chi connectivity index (χ0n) is 22.6. The fraction of sp³-hybridized carbons (Fsp3) is 0.258. The maximum Gasteiger partial charge on any atom is 0.934 e. The number of hydrogen-bond acceptors (Lipinski definition) is 3. The predicted molar refractivity (Wildman–Crippen MR) is 151 cm³/mol. The lowest BCUT2D eigenvalue weighted by molar-refractivity contribution is -0.343. The molecular formula is C31H28BF2N2O3+. The molecule has 0 amide bonds. The third-order valence-electron chi connectivity index (χ3n) is 7.34. The minimum Gasteiger partial charge on any atom is -0.422 e. The summed E-state index contributed by atoms with van der Waals surface area (Å²) in [5, 5.41) is 0.665. The lowest BCUT2D eigenvalue weighted by Crippen LogP contribution is -2.25. The monoisotopic (exact) mass is 525 g/mol. The lowest BCUT2D eigenvalue weighted by Gasteiger charge is -2.12. The summed E-state index contributed by atoms with van der Waals surface area (Å²) in [6, 6.07) is 7.26. The minimum absolute atomic E-state index is 0.113. The van der Waals surface area contributed by atoms with E-state index in [9.17, 15) is 18.2 Å². The highest BCUT2D eigenvalue weighted by atomic mass is 19.2. The lowest BCUT2D eigenvalue weighted by atomic mass is 9.96. The van der Waals surface area contributed by atoms with Crippen molar-refractivity contribution in [1.29, 1.82) is 0 Å². The average Bonchev–Trinajstić information content (AvgIpc) is 3.29. The number of halogens is 2. The van der Waals surface area contributed by atoms with E-state index in [2.05, 4.69) is 11.8 Å². The maximum absolute atomic E-state index is 14.2. The fourth-order valence-electron chi connectivity index (χ4n) is 5.44. The third-order valence-corrected chi connectivity index (χ3v) is 7.34. The largest absolute Gasteiger partial charge is 0.934 e. The van der Waals surface area contributed by atoms with Gasteiger partial charge in [-0.1, -0.05) is 11.8 Å². The van der Waals surface area contributed by atoms with Gasteiger partial charge in [0, 0.05) is 61.5 Å². The van der Waals surface area contributed by atoms with Gasteiger partial charge in [0.2, 0.25) is 0 Å².